The van der Waals surface area contributed by atoms with Gasteiger partial charge in [-0.05, 0) is 73.0 Å². The second-order valence-corrected chi connectivity index (χ2v) is 8.40. The highest BCUT2D eigenvalue weighted by molar-refractivity contribution is 5.96. The van der Waals surface area contributed by atoms with Gasteiger partial charge in [-0.15, -0.1) is 0 Å². The number of hydrogen-bond donors (Lipinski definition) is 1. The van der Waals surface area contributed by atoms with Crippen LogP contribution in [0.4, 0.5) is 18.9 Å². The lowest BCUT2D eigenvalue weighted by Crippen LogP contribution is -2.43. The van der Waals surface area contributed by atoms with Crippen molar-refractivity contribution in [2.75, 3.05) is 25.5 Å². The van der Waals surface area contributed by atoms with E-state index in [2.05, 4.69) is 10.1 Å². The van der Waals surface area contributed by atoms with Gasteiger partial charge in [-0.25, -0.2) is 4.39 Å². The fourth-order valence-corrected chi connectivity index (χ4v) is 4.20. The molecule has 0 saturated carbocycles. The molecule has 1 N–H and O–H groups in total. The molecule has 4 rings (SSSR count). The third-order valence-electron chi connectivity index (χ3n) is 6.03. The summed E-state index contributed by atoms with van der Waals surface area (Å²) in [5, 5.41) is 2.84. The van der Waals surface area contributed by atoms with Gasteiger partial charge in [-0.2, -0.15) is 8.78 Å². The molecule has 0 aliphatic carbocycles. The number of carbonyl (C=O) groups excluding carboxylic acids is 2. The van der Waals surface area contributed by atoms with E-state index in [4.69, 9.17) is 4.74 Å². The van der Waals surface area contributed by atoms with E-state index in [0.29, 0.717) is 47.5 Å². The molecule has 36 heavy (non-hydrogen) atoms. The topological polar surface area (TPSA) is 67.9 Å². The minimum atomic E-state index is -3.01. The minimum absolute atomic E-state index is 0.0260. The molecule has 1 saturated heterocycles. The second kappa shape index (κ2) is 11.2. The Hall–Kier alpha value is -4.01. The zero-order valence-electron chi connectivity index (χ0n) is 19.5. The van der Waals surface area contributed by atoms with Gasteiger partial charge in [0.05, 0.1) is 13.0 Å². The molecule has 9 heteroatoms. The Morgan fingerprint density at radius 1 is 1.03 bits per heavy atom. The molecular formula is C27H25F3N2O4. The first-order valence-electron chi connectivity index (χ1n) is 11.4. The van der Waals surface area contributed by atoms with E-state index in [0.717, 1.165) is 0 Å². The Morgan fingerprint density at radius 3 is 2.42 bits per heavy atom. The average Bonchev–Trinajstić information content (AvgIpc) is 2.89. The summed E-state index contributed by atoms with van der Waals surface area (Å²) in [4.78, 5) is 27.4. The molecule has 1 atom stereocenters. The van der Waals surface area contributed by atoms with Crippen molar-refractivity contribution in [1.82, 2.24) is 4.90 Å². The summed E-state index contributed by atoms with van der Waals surface area (Å²) in [6, 6.07) is 16.5. The van der Waals surface area contributed by atoms with Gasteiger partial charge in [0.1, 0.15) is 17.3 Å². The van der Waals surface area contributed by atoms with E-state index in [-0.39, 0.29) is 24.1 Å². The summed E-state index contributed by atoms with van der Waals surface area (Å²) in [6.07, 6.45) is 1.24. The van der Waals surface area contributed by atoms with Crippen molar-refractivity contribution in [3.63, 3.8) is 0 Å². The van der Waals surface area contributed by atoms with Crippen LogP contribution in [0, 0.1) is 11.7 Å². The van der Waals surface area contributed by atoms with Crippen molar-refractivity contribution in [1.29, 1.82) is 0 Å². The quantitative estimate of drug-likeness (QED) is 0.461. The molecule has 6 nitrogen and oxygen atoms in total. The van der Waals surface area contributed by atoms with E-state index >= 15 is 0 Å². The summed E-state index contributed by atoms with van der Waals surface area (Å²) >= 11 is 0. The first kappa shape index (κ1) is 25.1. The molecule has 0 spiro atoms. The van der Waals surface area contributed by atoms with Gasteiger partial charge >= 0.3 is 6.61 Å². The number of benzene rings is 3. The van der Waals surface area contributed by atoms with Crippen LogP contribution in [-0.2, 0) is 4.79 Å². The van der Waals surface area contributed by atoms with Crippen molar-refractivity contribution in [3.8, 4) is 22.6 Å². The summed E-state index contributed by atoms with van der Waals surface area (Å²) in [6.45, 7) is -2.28. The van der Waals surface area contributed by atoms with Crippen molar-refractivity contribution >= 4 is 17.5 Å². The van der Waals surface area contributed by atoms with Gasteiger partial charge in [-0.1, -0.05) is 12.1 Å². The number of likely N-dealkylation sites (tertiary alicyclic amines) is 1. The maximum atomic E-state index is 13.2. The predicted molar refractivity (Wildman–Crippen MR) is 129 cm³/mol. The number of nitrogens with zero attached hydrogens (tertiary/aromatic N) is 1. The minimum Gasteiger partial charge on any atom is -0.497 e. The third kappa shape index (κ3) is 5.97. The monoisotopic (exact) mass is 498 g/mol. The van der Waals surface area contributed by atoms with E-state index in [1.807, 2.05) is 0 Å². The summed E-state index contributed by atoms with van der Waals surface area (Å²) in [7, 11) is 1.52. The molecule has 1 fully saturated rings. The fourth-order valence-electron chi connectivity index (χ4n) is 4.20. The lowest BCUT2D eigenvalue weighted by atomic mass is 9.96. The molecule has 0 aromatic heterocycles. The normalized spacial score (nSPS) is 15.5. The standard InChI is InChI=1S/C27H25F3N2O4/c1-35-22-11-6-17(7-12-22)23-15-21(10-13-24(23)36-27(29)30)31-25(33)19-3-2-14-32(16-19)26(34)18-4-8-20(28)9-5-18/h4-13,15,19,27H,2-3,14,16H2,1H3,(H,31,33)/t19-/m1/s1. The van der Waals surface area contributed by atoms with E-state index in [1.165, 1.54) is 43.5 Å². The third-order valence-corrected chi connectivity index (χ3v) is 6.03. The molecule has 0 unspecified atom stereocenters. The number of amides is 2. The zero-order valence-corrected chi connectivity index (χ0v) is 19.5. The largest absolute Gasteiger partial charge is 0.497 e. The van der Waals surface area contributed by atoms with Crippen molar-refractivity contribution in [2.45, 2.75) is 19.5 Å². The van der Waals surface area contributed by atoms with Crippen LogP contribution in [0.2, 0.25) is 0 Å². The predicted octanol–water partition coefficient (Wildman–Crippen LogP) is 5.59. The van der Waals surface area contributed by atoms with Gasteiger partial charge in [0.25, 0.3) is 5.91 Å². The first-order chi connectivity index (χ1) is 17.3. The number of carbonyl (C=O) groups is 2. The molecule has 3 aromatic carbocycles. The number of hydrogen-bond acceptors (Lipinski definition) is 4. The van der Waals surface area contributed by atoms with Crippen molar-refractivity contribution in [2.24, 2.45) is 5.92 Å². The van der Waals surface area contributed by atoms with Crippen LogP contribution in [-0.4, -0.2) is 43.5 Å². The highest BCUT2D eigenvalue weighted by Gasteiger charge is 2.29. The maximum Gasteiger partial charge on any atom is 0.387 e. The Kier molecular flexibility index (Phi) is 7.77. The average molecular weight is 499 g/mol. The van der Waals surface area contributed by atoms with Crippen LogP contribution in [0.3, 0.4) is 0 Å². The lowest BCUT2D eigenvalue weighted by molar-refractivity contribution is -0.121. The van der Waals surface area contributed by atoms with E-state index in [9.17, 15) is 22.8 Å². The van der Waals surface area contributed by atoms with Crippen LogP contribution in [0.5, 0.6) is 11.5 Å². The molecule has 1 aliphatic rings. The first-order valence-corrected chi connectivity index (χ1v) is 11.4. The SMILES string of the molecule is COc1ccc(-c2cc(NC(=O)[C@@H]3CCCN(C(=O)c4ccc(F)cc4)C3)ccc2OC(F)F)cc1. The number of nitrogens with one attached hydrogen (secondary N) is 1. The summed E-state index contributed by atoms with van der Waals surface area (Å²) in [5.74, 6) is -0.845. The lowest BCUT2D eigenvalue weighted by Gasteiger charge is -2.32. The second-order valence-electron chi connectivity index (χ2n) is 8.40. The van der Waals surface area contributed by atoms with Crippen molar-refractivity contribution < 1.29 is 32.2 Å². The Morgan fingerprint density at radius 2 is 1.75 bits per heavy atom. The number of piperidine rings is 1. The molecular weight excluding hydrogens is 473 g/mol. The smallest absolute Gasteiger partial charge is 0.387 e. The van der Waals surface area contributed by atoms with Gasteiger partial charge in [0, 0.05) is 29.9 Å². The van der Waals surface area contributed by atoms with E-state index in [1.54, 1.807) is 35.2 Å². The Bertz CT molecular complexity index is 1220. The molecule has 1 aliphatic heterocycles. The Labute approximate surface area is 206 Å². The molecule has 0 radical (unpaired) electrons. The van der Waals surface area contributed by atoms with Gasteiger partial charge in [-0.3, -0.25) is 9.59 Å². The van der Waals surface area contributed by atoms with Gasteiger partial charge in [0.2, 0.25) is 5.91 Å². The number of alkyl halides is 2. The molecule has 0 bridgehead atoms. The number of halogens is 3. The number of ether oxygens (including phenoxy) is 2. The zero-order chi connectivity index (χ0) is 25.7. The van der Waals surface area contributed by atoms with Gasteiger partial charge < -0.3 is 19.7 Å². The molecule has 2 amide bonds. The van der Waals surface area contributed by atoms with Crippen LogP contribution in [0.15, 0.2) is 66.7 Å². The summed E-state index contributed by atoms with van der Waals surface area (Å²) in [5.41, 5.74) is 1.76. The van der Waals surface area contributed by atoms with E-state index < -0.39 is 18.3 Å². The maximum absolute atomic E-state index is 13.2. The van der Waals surface area contributed by atoms with Crippen molar-refractivity contribution in [3.05, 3.63) is 78.1 Å². The van der Waals surface area contributed by atoms with Crippen LogP contribution in [0.25, 0.3) is 11.1 Å². The van der Waals surface area contributed by atoms with Crippen LogP contribution in [0.1, 0.15) is 23.2 Å². The number of methoxy groups -OCH3 is 1. The highest BCUT2D eigenvalue weighted by atomic mass is 19.3. The Balaban J connectivity index is 1.50. The van der Waals surface area contributed by atoms with Crippen LogP contribution < -0.4 is 14.8 Å². The van der Waals surface area contributed by atoms with Crippen LogP contribution >= 0.6 is 0 Å². The van der Waals surface area contributed by atoms with Gasteiger partial charge in [0.15, 0.2) is 0 Å². The summed E-state index contributed by atoms with van der Waals surface area (Å²) < 4.78 is 49.0. The molecule has 3 aromatic rings. The molecule has 188 valence electrons. The fraction of sp³-hybridized carbons (Fsp3) is 0.259. The highest BCUT2D eigenvalue weighted by Crippen LogP contribution is 2.35. The number of rotatable bonds is 7. The number of anilines is 1. The molecule has 1 heterocycles.